The zero-order chi connectivity index (χ0) is 7.72. The predicted octanol–water partition coefficient (Wildman–Crippen LogP) is 2.01. The summed E-state index contributed by atoms with van der Waals surface area (Å²) in [5.74, 6) is -3.15. The number of rotatable bonds is 0. The predicted molar refractivity (Wildman–Crippen MR) is 39.3 cm³/mol. The Balaban J connectivity index is 0.000001000. The van der Waals surface area contributed by atoms with E-state index in [1.54, 1.807) is 0 Å². The van der Waals surface area contributed by atoms with E-state index in [4.69, 9.17) is 0 Å². The molecule has 0 aromatic heterocycles. The molecular formula is C6H3F3NaS. The normalized spacial score (nSPS) is 9.09. The first-order valence-corrected chi connectivity index (χ1v) is 2.89. The van der Waals surface area contributed by atoms with Gasteiger partial charge in [0.05, 0.1) is 0 Å². The average Bonchev–Trinajstić information content (AvgIpc) is 1.84. The first-order chi connectivity index (χ1) is 4.61. The van der Waals surface area contributed by atoms with Crippen molar-refractivity contribution in [2.45, 2.75) is 4.90 Å². The molecule has 0 atom stereocenters. The quantitative estimate of drug-likeness (QED) is 0.358. The number of halogens is 3. The second-order valence-electron chi connectivity index (χ2n) is 1.72. The van der Waals surface area contributed by atoms with Crippen LogP contribution >= 0.6 is 12.6 Å². The smallest absolute Gasteiger partial charge is 0.161 e. The van der Waals surface area contributed by atoms with Crippen LogP contribution in [-0.2, 0) is 0 Å². The van der Waals surface area contributed by atoms with E-state index in [1.165, 1.54) is 0 Å². The van der Waals surface area contributed by atoms with Gasteiger partial charge in [0.25, 0.3) is 0 Å². The Bertz CT molecular complexity index is 214. The van der Waals surface area contributed by atoms with Crippen molar-refractivity contribution in [1.82, 2.24) is 0 Å². The van der Waals surface area contributed by atoms with E-state index in [0.29, 0.717) is 12.1 Å². The molecule has 0 bridgehead atoms. The van der Waals surface area contributed by atoms with Crippen molar-refractivity contribution in [2.24, 2.45) is 0 Å². The van der Waals surface area contributed by atoms with Crippen LogP contribution < -0.4 is 0 Å². The standard InChI is InChI=1S/C6H3F3S.Na/c7-3-1-5(9)6(10)2-4(3)8;/h1-2,10H;. The zero-order valence-corrected chi connectivity index (χ0v) is 8.63. The summed E-state index contributed by atoms with van der Waals surface area (Å²) >= 11 is 3.53. The molecule has 11 heavy (non-hydrogen) atoms. The van der Waals surface area contributed by atoms with E-state index in [0.717, 1.165) is 0 Å². The Labute approximate surface area is 89.5 Å². The third kappa shape index (κ3) is 2.71. The summed E-state index contributed by atoms with van der Waals surface area (Å²) < 4.78 is 36.6. The maximum absolute atomic E-state index is 12.3. The van der Waals surface area contributed by atoms with Gasteiger partial charge in [-0.1, -0.05) is 0 Å². The SMILES string of the molecule is Fc1cc(F)c(S)cc1F.[Na]. The molecule has 1 aromatic rings. The van der Waals surface area contributed by atoms with E-state index in [9.17, 15) is 13.2 Å². The number of thiol groups is 1. The summed E-state index contributed by atoms with van der Waals surface area (Å²) in [7, 11) is 0. The molecule has 0 saturated carbocycles. The van der Waals surface area contributed by atoms with Gasteiger partial charge in [-0.2, -0.15) is 0 Å². The van der Waals surface area contributed by atoms with Crippen LogP contribution in [0.2, 0.25) is 0 Å². The Morgan fingerprint density at radius 2 is 1.36 bits per heavy atom. The van der Waals surface area contributed by atoms with Gasteiger partial charge in [0.15, 0.2) is 11.6 Å². The van der Waals surface area contributed by atoms with Crippen LogP contribution in [0.3, 0.4) is 0 Å². The maximum atomic E-state index is 12.3. The third-order valence-electron chi connectivity index (χ3n) is 0.990. The second kappa shape index (κ2) is 4.40. The topological polar surface area (TPSA) is 0 Å². The van der Waals surface area contributed by atoms with Crippen molar-refractivity contribution in [1.29, 1.82) is 0 Å². The molecule has 1 radical (unpaired) electrons. The van der Waals surface area contributed by atoms with E-state index >= 15 is 0 Å². The Hall–Kier alpha value is 0.360. The minimum Gasteiger partial charge on any atom is -0.206 e. The Kier molecular flexibility index (Phi) is 4.55. The average molecular weight is 187 g/mol. The van der Waals surface area contributed by atoms with Crippen LogP contribution in [0, 0.1) is 17.5 Å². The molecule has 0 aliphatic heterocycles. The number of hydrogen-bond donors (Lipinski definition) is 1. The van der Waals surface area contributed by atoms with Gasteiger partial charge < -0.3 is 0 Å². The Morgan fingerprint density at radius 1 is 0.909 bits per heavy atom. The minimum atomic E-state index is -1.20. The molecule has 0 saturated heterocycles. The van der Waals surface area contributed by atoms with Gasteiger partial charge in [-0.05, 0) is 6.07 Å². The summed E-state index contributed by atoms with van der Waals surface area (Å²) in [6.07, 6.45) is 0. The molecule has 0 spiro atoms. The largest absolute Gasteiger partial charge is 0.206 e. The van der Waals surface area contributed by atoms with Crippen LogP contribution in [0.1, 0.15) is 0 Å². The molecule has 55 valence electrons. The second-order valence-corrected chi connectivity index (χ2v) is 2.20. The van der Waals surface area contributed by atoms with E-state index < -0.39 is 17.5 Å². The molecule has 0 amide bonds. The fraction of sp³-hybridized carbons (Fsp3) is 0. The first kappa shape index (κ1) is 11.4. The zero-order valence-electron chi connectivity index (χ0n) is 5.74. The van der Waals surface area contributed by atoms with Gasteiger partial charge in [-0.3, -0.25) is 0 Å². The van der Waals surface area contributed by atoms with Crippen LogP contribution in [0.5, 0.6) is 0 Å². The summed E-state index contributed by atoms with van der Waals surface area (Å²) in [6.45, 7) is 0. The van der Waals surface area contributed by atoms with Crippen LogP contribution in [0.15, 0.2) is 17.0 Å². The van der Waals surface area contributed by atoms with Crippen LogP contribution in [-0.4, -0.2) is 29.6 Å². The number of hydrogen-bond acceptors (Lipinski definition) is 1. The maximum Gasteiger partial charge on any atom is 0.161 e. The van der Waals surface area contributed by atoms with Crippen molar-refractivity contribution in [3.8, 4) is 0 Å². The molecule has 0 nitrogen and oxygen atoms in total. The first-order valence-electron chi connectivity index (χ1n) is 2.45. The summed E-state index contributed by atoms with van der Waals surface area (Å²) in [5, 5.41) is 0. The van der Waals surface area contributed by atoms with Gasteiger partial charge in [0.1, 0.15) is 5.82 Å². The van der Waals surface area contributed by atoms with Crippen LogP contribution in [0.4, 0.5) is 13.2 Å². The van der Waals surface area contributed by atoms with E-state index in [2.05, 4.69) is 12.6 Å². The van der Waals surface area contributed by atoms with Gasteiger partial charge in [-0.15, -0.1) is 12.6 Å². The number of benzene rings is 1. The summed E-state index contributed by atoms with van der Waals surface area (Å²) in [4.78, 5) is -0.195. The summed E-state index contributed by atoms with van der Waals surface area (Å²) in [6, 6.07) is 1.14. The molecule has 0 aliphatic rings. The van der Waals surface area contributed by atoms with Crippen molar-refractivity contribution < 1.29 is 13.2 Å². The molecule has 0 heterocycles. The molecule has 1 aromatic carbocycles. The molecule has 1 rings (SSSR count). The molecule has 0 N–H and O–H groups in total. The fourth-order valence-corrected chi connectivity index (χ4v) is 0.690. The van der Waals surface area contributed by atoms with Crippen LogP contribution in [0.25, 0.3) is 0 Å². The molecular weight excluding hydrogens is 184 g/mol. The van der Waals surface area contributed by atoms with Gasteiger partial charge in [-0.25, -0.2) is 13.2 Å². The van der Waals surface area contributed by atoms with Gasteiger partial charge in [0, 0.05) is 40.5 Å². The minimum absolute atomic E-state index is 0. The molecule has 5 heteroatoms. The Morgan fingerprint density at radius 3 is 1.82 bits per heavy atom. The molecule has 0 fully saturated rings. The third-order valence-corrected chi connectivity index (χ3v) is 1.33. The van der Waals surface area contributed by atoms with Crippen molar-refractivity contribution in [3.05, 3.63) is 29.6 Å². The van der Waals surface area contributed by atoms with Gasteiger partial charge in [0.2, 0.25) is 0 Å². The summed E-state index contributed by atoms with van der Waals surface area (Å²) in [5.41, 5.74) is 0. The fourth-order valence-electron chi connectivity index (χ4n) is 0.512. The van der Waals surface area contributed by atoms with E-state index in [1.807, 2.05) is 0 Å². The van der Waals surface area contributed by atoms with E-state index in [-0.39, 0.29) is 34.5 Å². The van der Waals surface area contributed by atoms with Crippen molar-refractivity contribution in [3.63, 3.8) is 0 Å². The van der Waals surface area contributed by atoms with Gasteiger partial charge >= 0.3 is 0 Å². The van der Waals surface area contributed by atoms with Crippen molar-refractivity contribution in [2.75, 3.05) is 0 Å². The molecule has 0 unspecified atom stereocenters. The van der Waals surface area contributed by atoms with Crippen molar-refractivity contribution >= 4 is 42.2 Å². The molecule has 0 aliphatic carbocycles. The monoisotopic (exact) mass is 187 g/mol.